The number of nitrogens with zero attached hydrogens (tertiary/aromatic N) is 2. The number of carbonyl (C=O) groups excluding carboxylic acids is 1. The predicted octanol–water partition coefficient (Wildman–Crippen LogP) is 3.49. The fourth-order valence-electron chi connectivity index (χ4n) is 4.46. The van der Waals surface area contributed by atoms with E-state index >= 15 is 0 Å². The standard InChI is InChI=1S/C22H26N2O/c1-23(22(25)18-10-6-3-7-11-18)12-13-24-15-19-14-20(21(19)16-24)17-8-4-2-5-9-17/h2-11,19-21H,12-16H2,1H3. The summed E-state index contributed by atoms with van der Waals surface area (Å²) < 4.78 is 0. The molecule has 0 spiro atoms. The van der Waals surface area contributed by atoms with Crippen molar-refractivity contribution in [3.05, 3.63) is 71.8 Å². The molecule has 3 unspecified atom stereocenters. The molecule has 0 bridgehead atoms. The highest BCUT2D eigenvalue weighted by atomic mass is 16.2. The van der Waals surface area contributed by atoms with Gasteiger partial charge in [0, 0.05) is 38.8 Å². The molecule has 0 N–H and O–H groups in total. The first-order chi connectivity index (χ1) is 12.2. The zero-order chi connectivity index (χ0) is 17.2. The minimum atomic E-state index is 0.116. The lowest BCUT2D eigenvalue weighted by Crippen LogP contribution is -2.35. The molecule has 2 aliphatic rings. The highest BCUT2D eigenvalue weighted by Crippen LogP contribution is 2.51. The van der Waals surface area contributed by atoms with E-state index in [2.05, 4.69) is 35.2 Å². The Kier molecular flexibility index (Phi) is 4.58. The van der Waals surface area contributed by atoms with Gasteiger partial charge in [0.1, 0.15) is 0 Å². The van der Waals surface area contributed by atoms with Gasteiger partial charge in [0.05, 0.1) is 0 Å². The van der Waals surface area contributed by atoms with E-state index in [1.54, 1.807) is 0 Å². The second kappa shape index (κ2) is 7.01. The number of carbonyl (C=O) groups is 1. The van der Waals surface area contributed by atoms with Crippen molar-refractivity contribution in [1.82, 2.24) is 9.80 Å². The van der Waals surface area contributed by atoms with E-state index in [1.807, 2.05) is 42.3 Å². The summed E-state index contributed by atoms with van der Waals surface area (Å²) in [5, 5.41) is 0. The van der Waals surface area contributed by atoms with Gasteiger partial charge in [-0.25, -0.2) is 0 Å². The Labute approximate surface area is 150 Å². The molecule has 4 rings (SSSR count). The first-order valence-corrected chi connectivity index (χ1v) is 9.30. The van der Waals surface area contributed by atoms with E-state index in [-0.39, 0.29) is 5.91 Å². The second-order valence-electron chi connectivity index (χ2n) is 7.53. The van der Waals surface area contributed by atoms with Crippen molar-refractivity contribution in [1.29, 1.82) is 0 Å². The van der Waals surface area contributed by atoms with Gasteiger partial charge in [0.25, 0.3) is 5.91 Å². The van der Waals surface area contributed by atoms with Crippen LogP contribution < -0.4 is 0 Å². The van der Waals surface area contributed by atoms with Crippen LogP contribution in [0.4, 0.5) is 0 Å². The summed E-state index contributed by atoms with van der Waals surface area (Å²) >= 11 is 0. The minimum Gasteiger partial charge on any atom is -0.340 e. The predicted molar refractivity (Wildman–Crippen MR) is 101 cm³/mol. The summed E-state index contributed by atoms with van der Waals surface area (Å²) in [4.78, 5) is 16.8. The number of hydrogen-bond acceptors (Lipinski definition) is 2. The Morgan fingerprint density at radius 3 is 2.44 bits per heavy atom. The van der Waals surface area contributed by atoms with Crippen LogP contribution in [0.1, 0.15) is 28.3 Å². The minimum absolute atomic E-state index is 0.116. The highest BCUT2D eigenvalue weighted by molar-refractivity contribution is 5.93. The SMILES string of the molecule is CN(CCN1CC2CC(c3ccccc3)C2C1)C(=O)c1ccccc1. The summed E-state index contributed by atoms with van der Waals surface area (Å²) in [6, 6.07) is 20.5. The number of benzene rings is 2. The summed E-state index contributed by atoms with van der Waals surface area (Å²) in [6.45, 7) is 4.14. The van der Waals surface area contributed by atoms with E-state index in [1.165, 1.54) is 25.1 Å². The maximum Gasteiger partial charge on any atom is 0.253 e. The summed E-state index contributed by atoms with van der Waals surface area (Å²) in [6.07, 6.45) is 1.32. The van der Waals surface area contributed by atoms with Crippen LogP contribution in [0.15, 0.2) is 60.7 Å². The fourth-order valence-corrected chi connectivity index (χ4v) is 4.46. The lowest BCUT2D eigenvalue weighted by atomic mass is 9.64. The van der Waals surface area contributed by atoms with Crippen molar-refractivity contribution in [2.24, 2.45) is 11.8 Å². The molecule has 25 heavy (non-hydrogen) atoms. The number of amides is 1. The zero-order valence-electron chi connectivity index (χ0n) is 14.8. The number of rotatable bonds is 5. The maximum absolute atomic E-state index is 12.4. The Bertz CT molecular complexity index is 715. The molecule has 1 heterocycles. The van der Waals surface area contributed by atoms with E-state index < -0.39 is 0 Å². The Hall–Kier alpha value is -2.13. The van der Waals surface area contributed by atoms with E-state index in [4.69, 9.17) is 0 Å². The first kappa shape index (κ1) is 16.3. The molecule has 3 heteroatoms. The van der Waals surface area contributed by atoms with Crippen molar-refractivity contribution in [2.75, 3.05) is 33.2 Å². The van der Waals surface area contributed by atoms with Gasteiger partial charge in [-0.2, -0.15) is 0 Å². The molecule has 1 amide bonds. The molecule has 1 saturated carbocycles. The van der Waals surface area contributed by atoms with Crippen LogP contribution in [0.5, 0.6) is 0 Å². The van der Waals surface area contributed by atoms with E-state index in [0.717, 1.165) is 36.4 Å². The van der Waals surface area contributed by atoms with Gasteiger partial charge >= 0.3 is 0 Å². The van der Waals surface area contributed by atoms with Crippen LogP contribution >= 0.6 is 0 Å². The number of likely N-dealkylation sites (tertiary alicyclic amines) is 1. The molecular formula is C22H26N2O. The molecule has 1 aliphatic carbocycles. The third-order valence-corrected chi connectivity index (χ3v) is 5.99. The Morgan fingerprint density at radius 1 is 1.04 bits per heavy atom. The summed E-state index contributed by atoms with van der Waals surface area (Å²) in [5.74, 6) is 2.50. The molecular weight excluding hydrogens is 308 g/mol. The van der Waals surface area contributed by atoms with Crippen LogP contribution in [0.3, 0.4) is 0 Å². The lowest BCUT2D eigenvalue weighted by molar-refractivity contribution is 0.0781. The number of fused-ring (bicyclic) bond motifs is 1. The molecule has 0 radical (unpaired) electrons. The highest BCUT2D eigenvalue weighted by Gasteiger charge is 2.47. The second-order valence-corrected chi connectivity index (χ2v) is 7.53. The summed E-state index contributed by atoms with van der Waals surface area (Å²) in [5.41, 5.74) is 2.28. The molecule has 2 aromatic carbocycles. The van der Waals surface area contributed by atoms with Gasteiger partial charge in [0.2, 0.25) is 0 Å². The third-order valence-electron chi connectivity index (χ3n) is 5.99. The van der Waals surface area contributed by atoms with Gasteiger partial charge in [-0.3, -0.25) is 4.79 Å². The average Bonchev–Trinajstić information content (AvgIpc) is 2.97. The van der Waals surface area contributed by atoms with E-state index in [9.17, 15) is 4.79 Å². The van der Waals surface area contributed by atoms with Crippen molar-refractivity contribution in [2.45, 2.75) is 12.3 Å². The topological polar surface area (TPSA) is 23.6 Å². The monoisotopic (exact) mass is 334 g/mol. The first-order valence-electron chi connectivity index (χ1n) is 9.30. The molecule has 2 aromatic rings. The van der Waals surface area contributed by atoms with Crippen LogP contribution in [0, 0.1) is 11.8 Å². The molecule has 0 aromatic heterocycles. The molecule has 1 saturated heterocycles. The molecule has 2 fully saturated rings. The third kappa shape index (κ3) is 3.34. The lowest BCUT2D eigenvalue weighted by Gasteiger charge is -2.40. The molecule has 3 nitrogen and oxygen atoms in total. The fraction of sp³-hybridized carbons (Fsp3) is 0.409. The quantitative estimate of drug-likeness (QED) is 0.835. The van der Waals surface area contributed by atoms with Gasteiger partial charge in [-0.15, -0.1) is 0 Å². The molecule has 3 atom stereocenters. The van der Waals surface area contributed by atoms with Gasteiger partial charge in [-0.1, -0.05) is 48.5 Å². The summed E-state index contributed by atoms with van der Waals surface area (Å²) in [7, 11) is 1.91. The van der Waals surface area contributed by atoms with Gasteiger partial charge < -0.3 is 9.80 Å². The van der Waals surface area contributed by atoms with Crippen LogP contribution in [0.2, 0.25) is 0 Å². The van der Waals surface area contributed by atoms with E-state index in [0.29, 0.717) is 0 Å². The average molecular weight is 334 g/mol. The molecule has 1 aliphatic heterocycles. The van der Waals surface area contributed by atoms with Gasteiger partial charge in [0.15, 0.2) is 0 Å². The van der Waals surface area contributed by atoms with Crippen molar-refractivity contribution in [3.63, 3.8) is 0 Å². The van der Waals surface area contributed by atoms with Crippen LogP contribution in [-0.4, -0.2) is 48.9 Å². The number of hydrogen-bond donors (Lipinski definition) is 0. The zero-order valence-corrected chi connectivity index (χ0v) is 14.8. The Morgan fingerprint density at radius 2 is 1.72 bits per heavy atom. The Balaban J connectivity index is 1.28. The normalized spacial score (nSPS) is 25.2. The molecule has 130 valence electrons. The van der Waals surface area contributed by atoms with Gasteiger partial charge in [-0.05, 0) is 41.9 Å². The maximum atomic E-state index is 12.4. The van der Waals surface area contributed by atoms with Crippen molar-refractivity contribution < 1.29 is 4.79 Å². The van der Waals surface area contributed by atoms with Crippen LogP contribution in [-0.2, 0) is 0 Å². The largest absolute Gasteiger partial charge is 0.340 e. The van der Waals surface area contributed by atoms with Crippen molar-refractivity contribution >= 4 is 5.91 Å². The smallest absolute Gasteiger partial charge is 0.253 e. The number of likely N-dealkylation sites (N-methyl/N-ethyl adjacent to an activating group) is 1. The van der Waals surface area contributed by atoms with Crippen LogP contribution in [0.25, 0.3) is 0 Å². The van der Waals surface area contributed by atoms with Crippen molar-refractivity contribution in [3.8, 4) is 0 Å².